The molecular formula is C12H25NO. The molecule has 0 radical (unpaired) electrons. The number of ether oxygens (including phenoxy) is 1. The summed E-state index contributed by atoms with van der Waals surface area (Å²) in [6.07, 6.45) is 5.75. The van der Waals surface area contributed by atoms with Gasteiger partial charge >= 0.3 is 0 Å². The fourth-order valence-electron chi connectivity index (χ4n) is 2.08. The first kappa shape index (κ1) is 12.0. The third-order valence-electron chi connectivity index (χ3n) is 2.98. The van der Waals surface area contributed by atoms with Crippen LogP contribution in [-0.4, -0.2) is 36.7 Å². The highest BCUT2D eigenvalue weighted by Crippen LogP contribution is 2.16. The third kappa shape index (κ3) is 4.43. The smallest absolute Gasteiger partial charge is 0.0518 e. The summed E-state index contributed by atoms with van der Waals surface area (Å²) >= 11 is 0. The van der Waals surface area contributed by atoms with E-state index in [0.717, 1.165) is 12.6 Å². The van der Waals surface area contributed by atoms with Crippen molar-refractivity contribution >= 4 is 0 Å². The predicted octanol–water partition coefficient (Wildman–Crippen LogP) is 2.68. The van der Waals surface area contributed by atoms with E-state index in [0.29, 0.717) is 6.10 Å². The van der Waals surface area contributed by atoms with Crippen molar-refractivity contribution in [3.63, 3.8) is 0 Å². The van der Waals surface area contributed by atoms with Crippen molar-refractivity contribution in [2.24, 2.45) is 0 Å². The maximum absolute atomic E-state index is 5.54. The molecule has 0 aromatic carbocycles. The molecule has 1 fully saturated rings. The van der Waals surface area contributed by atoms with Crippen LogP contribution in [0, 0.1) is 0 Å². The van der Waals surface area contributed by atoms with Crippen molar-refractivity contribution in [3.05, 3.63) is 0 Å². The van der Waals surface area contributed by atoms with E-state index in [1.54, 1.807) is 0 Å². The van der Waals surface area contributed by atoms with E-state index in [1.807, 2.05) is 0 Å². The number of hydrogen-bond donors (Lipinski definition) is 0. The number of rotatable bonds is 5. The molecule has 0 amide bonds. The Morgan fingerprint density at radius 2 is 2.14 bits per heavy atom. The number of hydrogen-bond acceptors (Lipinski definition) is 2. The van der Waals surface area contributed by atoms with Crippen molar-refractivity contribution in [1.82, 2.24) is 4.90 Å². The Labute approximate surface area is 88.6 Å². The van der Waals surface area contributed by atoms with Gasteiger partial charge in [0.2, 0.25) is 0 Å². The second-order valence-corrected chi connectivity index (χ2v) is 4.65. The predicted molar refractivity (Wildman–Crippen MR) is 60.6 cm³/mol. The second kappa shape index (κ2) is 6.41. The molecule has 0 unspecified atom stereocenters. The van der Waals surface area contributed by atoms with Gasteiger partial charge in [-0.1, -0.05) is 6.42 Å². The molecule has 2 heteroatoms. The summed E-state index contributed by atoms with van der Waals surface area (Å²) in [4.78, 5) is 2.60. The average molecular weight is 199 g/mol. The Kier molecular flexibility index (Phi) is 5.49. The first-order valence-electron chi connectivity index (χ1n) is 6.06. The molecule has 84 valence electrons. The van der Waals surface area contributed by atoms with Gasteiger partial charge in [0.15, 0.2) is 0 Å². The summed E-state index contributed by atoms with van der Waals surface area (Å²) in [5, 5.41) is 0. The summed E-state index contributed by atoms with van der Waals surface area (Å²) in [7, 11) is 0. The van der Waals surface area contributed by atoms with Crippen LogP contribution in [0.1, 0.15) is 46.5 Å². The molecule has 0 aromatic rings. The molecule has 1 aliphatic heterocycles. The SMILES string of the molecule is CC(C)OCCCN1CCCC[C@@H]1C. The van der Waals surface area contributed by atoms with Gasteiger partial charge in [-0.25, -0.2) is 0 Å². The highest BCUT2D eigenvalue weighted by Gasteiger charge is 2.16. The van der Waals surface area contributed by atoms with Crippen molar-refractivity contribution in [2.45, 2.75) is 58.6 Å². The Morgan fingerprint density at radius 3 is 2.79 bits per heavy atom. The van der Waals surface area contributed by atoms with Gasteiger partial charge in [-0.05, 0) is 46.6 Å². The van der Waals surface area contributed by atoms with Crippen molar-refractivity contribution in [3.8, 4) is 0 Å². The van der Waals surface area contributed by atoms with Crippen LogP contribution in [0.25, 0.3) is 0 Å². The van der Waals surface area contributed by atoms with Gasteiger partial charge in [0.05, 0.1) is 6.10 Å². The lowest BCUT2D eigenvalue weighted by atomic mass is 10.0. The largest absolute Gasteiger partial charge is 0.379 e. The van der Waals surface area contributed by atoms with Gasteiger partial charge in [0.1, 0.15) is 0 Å². The van der Waals surface area contributed by atoms with Crippen molar-refractivity contribution in [1.29, 1.82) is 0 Å². The molecule has 1 atom stereocenters. The van der Waals surface area contributed by atoms with Gasteiger partial charge in [0.25, 0.3) is 0 Å². The molecule has 0 aliphatic carbocycles. The Bertz CT molecular complexity index is 147. The fraction of sp³-hybridized carbons (Fsp3) is 1.00. The standard InChI is InChI=1S/C12H25NO/c1-11(2)14-10-6-9-13-8-5-4-7-12(13)3/h11-12H,4-10H2,1-3H3/t12-/m0/s1. The molecule has 2 nitrogen and oxygen atoms in total. The van der Waals surface area contributed by atoms with Crippen LogP contribution >= 0.6 is 0 Å². The zero-order valence-electron chi connectivity index (χ0n) is 9.96. The summed E-state index contributed by atoms with van der Waals surface area (Å²) in [6.45, 7) is 9.98. The maximum Gasteiger partial charge on any atom is 0.0518 e. The van der Waals surface area contributed by atoms with Gasteiger partial charge < -0.3 is 9.64 Å². The topological polar surface area (TPSA) is 12.5 Å². The molecule has 0 N–H and O–H groups in total. The van der Waals surface area contributed by atoms with Crippen LogP contribution in [0.3, 0.4) is 0 Å². The molecule has 1 aliphatic rings. The lowest BCUT2D eigenvalue weighted by Gasteiger charge is -2.33. The number of likely N-dealkylation sites (tertiary alicyclic amines) is 1. The average Bonchev–Trinajstić information content (AvgIpc) is 2.15. The Morgan fingerprint density at radius 1 is 1.36 bits per heavy atom. The van der Waals surface area contributed by atoms with E-state index in [4.69, 9.17) is 4.74 Å². The molecule has 0 saturated carbocycles. The quantitative estimate of drug-likeness (QED) is 0.631. The Balaban J connectivity index is 2.04. The van der Waals surface area contributed by atoms with Crippen LogP contribution in [0.2, 0.25) is 0 Å². The van der Waals surface area contributed by atoms with E-state index in [2.05, 4.69) is 25.7 Å². The maximum atomic E-state index is 5.54. The second-order valence-electron chi connectivity index (χ2n) is 4.65. The highest BCUT2D eigenvalue weighted by atomic mass is 16.5. The molecule has 14 heavy (non-hydrogen) atoms. The van der Waals surface area contributed by atoms with Crippen LogP contribution in [-0.2, 0) is 4.74 Å². The van der Waals surface area contributed by atoms with E-state index in [-0.39, 0.29) is 0 Å². The minimum atomic E-state index is 0.383. The fourth-order valence-corrected chi connectivity index (χ4v) is 2.08. The number of piperidine rings is 1. The molecule has 0 bridgehead atoms. The van der Waals surface area contributed by atoms with Gasteiger partial charge in [-0.2, -0.15) is 0 Å². The van der Waals surface area contributed by atoms with Crippen LogP contribution in [0.4, 0.5) is 0 Å². The molecular weight excluding hydrogens is 174 g/mol. The van der Waals surface area contributed by atoms with E-state index >= 15 is 0 Å². The molecule has 1 rings (SSSR count). The van der Waals surface area contributed by atoms with E-state index in [1.165, 1.54) is 38.8 Å². The third-order valence-corrected chi connectivity index (χ3v) is 2.98. The lowest BCUT2D eigenvalue weighted by molar-refractivity contribution is 0.0636. The van der Waals surface area contributed by atoms with Crippen molar-refractivity contribution in [2.75, 3.05) is 19.7 Å². The van der Waals surface area contributed by atoms with Gasteiger partial charge in [-0.3, -0.25) is 0 Å². The molecule has 1 saturated heterocycles. The zero-order chi connectivity index (χ0) is 10.4. The Hall–Kier alpha value is -0.0800. The lowest BCUT2D eigenvalue weighted by Crippen LogP contribution is -2.38. The first-order chi connectivity index (χ1) is 6.70. The van der Waals surface area contributed by atoms with Crippen LogP contribution in [0.5, 0.6) is 0 Å². The minimum Gasteiger partial charge on any atom is -0.379 e. The normalized spacial score (nSPS) is 24.4. The van der Waals surface area contributed by atoms with Gasteiger partial charge in [0, 0.05) is 19.2 Å². The molecule has 1 heterocycles. The highest BCUT2D eigenvalue weighted by molar-refractivity contribution is 4.72. The first-order valence-corrected chi connectivity index (χ1v) is 6.06. The monoisotopic (exact) mass is 199 g/mol. The number of nitrogens with zero attached hydrogens (tertiary/aromatic N) is 1. The van der Waals surface area contributed by atoms with Crippen molar-refractivity contribution < 1.29 is 4.74 Å². The van der Waals surface area contributed by atoms with Crippen LogP contribution < -0.4 is 0 Å². The summed E-state index contributed by atoms with van der Waals surface area (Å²) < 4.78 is 5.54. The minimum absolute atomic E-state index is 0.383. The van der Waals surface area contributed by atoms with Crippen LogP contribution in [0.15, 0.2) is 0 Å². The molecule has 0 aromatic heterocycles. The summed E-state index contributed by atoms with van der Waals surface area (Å²) in [5.41, 5.74) is 0. The summed E-state index contributed by atoms with van der Waals surface area (Å²) in [5.74, 6) is 0. The van der Waals surface area contributed by atoms with E-state index < -0.39 is 0 Å². The van der Waals surface area contributed by atoms with E-state index in [9.17, 15) is 0 Å². The molecule has 0 spiro atoms. The van der Waals surface area contributed by atoms with Gasteiger partial charge in [-0.15, -0.1) is 0 Å². The zero-order valence-corrected chi connectivity index (χ0v) is 9.96. The summed E-state index contributed by atoms with van der Waals surface area (Å²) in [6, 6.07) is 0.794.